The summed E-state index contributed by atoms with van der Waals surface area (Å²) in [6, 6.07) is 1.75. The summed E-state index contributed by atoms with van der Waals surface area (Å²) in [5.41, 5.74) is 0. The van der Waals surface area contributed by atoms with E-state index in [1.165, 1.54) is 25.9 Å². The van der Waals surface area contributed by atoms with Crippen molar-refractivity contribution in [2.45, 2.75) is 24.9 Å². The van der Waals surface area contributed by atoms with Gasteiger partial charge in [0.2, 0.25) is 0 Å². The van der Waals surface area contributed by atoms with E-state index in [1.54, 1.807) is 0 Å². The van der Waals surface area contributed by atoms with Crippen LogP contribution in [0.3, 0.4) is 0 Å². The molecule has 2 rings (SSSR count). The second kappa shape index (κ2) is 2.60. The Hall–Kier alpha value is 0.650. The smallest absolute Gasteiger partial charge is 0.0336 e. The molecule has 58 valence electrons. The Morgan fingerprint density at radius 1 is 1.40 bits per heavy atom. The number of fused-ring (bicyclic) bond motifs is 2. The second-order valence-corrected chi connectivity index (χ2v) is 4.63. The molecule has 0 spiro atoms. The van der Waals surface area contributed by atoms with Gasteiger partial charge in [-0.3, -0.25) is 0 Å². The van der Waals surface area contributed by atoms with E-state index in [-0.39, 0.29) is 0 Å². The fraction of sp³-hybridized carbons (Fsp3) is 1.00. The Bertz CT molecular complexity index is 138. The highest BCUT2D eigenvalue weighted by Crippen LogP contribution is 2.30. The van der Waals surface area contributed by atoms with Gasteiger partial charge in [-0.2, -0.15) is 0 Å². The number of likely N-dealkylation sites (tertiary alicyclic amines) is 1. The molecule has 0 N–H and O–H groups in total. The molecular formula is C7H13IN2. The first-order valence-corrected chi connectivity index (χ1v) is 4.86. The molecule has 2 aliphatic rings. The molecule has 0 amide bonds. The zero-order valence-corrected chi connectivity index (χ0v) is 8.41. The highest BCUT2D eigenvalue weighted by molar-refractivity contribution is 14.1. The van der Waals surface area contributed by atoms with E-state index in [0.717, 1.165) is 12.1 Å². The summed E-state index contributed by atoms with van der Waals surface area (Å²) in [5, 5.41) is 0. The maximum absolute atomic E-state index is 2.50. The molecule has 2 bridgehead atoms. The van der Waals surface area contributed by atoms with Gasteiger partial charge in [0.05, 0.1) is 0 Å². The molecule has 0 aliphatic carbocycles. The van der Waals surface area contributed by atoms with Crippen LogP contribution in [0.4, 0.5) is 0 Å². The molecule has 0 aromatic heterocycles. The van der Waals surface area contributed by atoms with Crippen molar-refractivity contribution in [3.63, 3.8) is 0 Å². The molecule has 2 atom stereocenters. The molecule has 0 aromatic rings. The minimum Gasteiger partial charge on any atom is -0.302 e. The van der Waals surface area contributed by atoms with Gasteiger partial charge in [0.25, 0.3) is 0 Å². The lowest BCUT2D eigenvalue weighted by molar-refractivity contribution is 0.286. The fourth-order valence-corrected chi connectivity index (χ4v) is 2.73. The maximum Gasteiger partial charge on any atom is 0.0336 e. The van der Waals surface area contributed by atoms with Crippen molar-refractivity contribution >= 4 is 22.9 Å². The quantitative estimate of drug-likeness (QED) is 0.471. The monoisotopic (exact) mass is 252 g/mol. The van der Waals surface area contributed by atoms with Crippen LogP contribution in [0.2, 0.25) is 0 Å². The number of hydrogen-bond donors (Lipinski definition) is 0. The van der Waals surface area contributed by atoms with Crippen LogP contribution in [-0.4, -0.2) is 40.2 Å². The number of nitrogens with zero attached hydrogens (tertiary/aromatic N) is 2. The molecule has 2 heterocycles. The fourth-order valence-electron chi connectivity index (χ4n) is 2.05. The number of piperidine rings is 1. The summed E-state index contributed by atoms with van der Waals surface area (Å²) in [5.74, 6) is 0. The zero-order chi connectivity index (χ0) is 7.14. The van der Waals surface area contributed by atoms with Gasteiger partial charge < -0.3 is 4.90 Å². The standard InChI is InChI=1S/C7H13IN2/c1-9-5-7-4-6(9)2-3-10(7)8/h6-7H,2-5H2,1H3. The van der Waals surface area contributed by atoms with Crippen LogP contribution < -0.4 is 0 Å². The first-order chi connectivity index (χ1) is 4.77. The van der Waals surface area contributed by atoms with Crippen LogP contribution >= 0.6 is 22.9 Å². The molecule has 2 unspecified atom stereocenters. The lowest BCUT2D eigenvalue weighted by Crippen LogP contribution is -2.32. The van der Waals surface area contributed by atoms with E-state index in [1.807, 2.05) is 0 Å². The predicted octanol–water partition coefficient (Wildman–Crippen LogP) is 1.11. The van der Waals surface area contributed by atoms with Gasteiger partial charge in [0.15, 0.2) is 0 Å². The molecule has 2 nitrogen and oxygen atoms in total. The van der Waals surface area contributed by atoms with Crippen molar-refractivity contribution in [3.05, 3.63) is 0 Å². The lowest BCUT2D eigenvalue weighted by Gasteiger charge is -2.26. The molecule has 3 heteroatoms. The zero-order valence-electron chi connectivity index (χ0n) is 6.26. The number of hydrogen-bond acceptors (Lipinski definition) is 2. The minimum absolute atomic E-state index is 0.851. The SMILES string of the molecule is CN1CC2CC1CCN2I. The summed E-state index contributed by atoms with van der Waals surface area (Å²) in [6.07, 6.45) is 2.77. The largest absolute Gasteiger partial charge is 0.302 e. The molecule has 2 saturated heterocycles. The average Bonchev–Trinajstić information content (AvgIpc) is 2.21. The molecule has 0 aromatic carbocycles. The average molecular weight is 252 g/mol. The first kappa shape index (κ1) is 7.31. The Morgan fingerprint density at radius 2 is 2.20 bits per heavy atom. The highest BCUT2D eigenvalue weighted by Gasteiger charge is 2.36. The Balaban J connectivity index is 2.08. The summed E-state index contributed by atoms with van der Waals surface area (Å²) in [4.78, 5) is 2.50. The summed E-state index contributed by atoms with van der Waals surface area (Å²) < 4.78 is 2.47. The van der Waals surface area contributed by atoms with Gasteiger partial charge in [-0.05, 0) is 19.9 Å². The van der Waals surface area contributed by atoms with E-state index in [9.17, 15) is 0 Å². The maximum atomic E-state index is 2.50. The normalized spacial score (nSPS) is 42.6. The number of rotatable bonds is 0. The summed E-state index contributed by atoms with van der Waals surface area (Å²) in [6.45, 7) is 2.58. The van der Waals surface area contributed by atoms with Crippen LogP contribution in [0.1, 0.15) is 12.8 Å². The van der Waals surface area contributed by atoms with E-state index < -0.39 is 0 Å². The topological polar surface area (TPSA) is 6.48 Å². The molecular weight excluding hydrogens is 239 g/mol. The lowest BCUT2D eigenvalue weighted by atomic mass is 10.1. The van der Waals surface area contributed by atoms with Gasteiger partial charge in [0, 0.05) is 48.0 Å². The van der Waals surface area contributed by atoms with Gasteiger partial charge in [-0.25, -0.2) is 3.11 Å². The van der Waals surface area contributed by atoms with Gasteiger partial charge in [-0.15, -0.1) is 0 Å². The van der Waals surface area contributed by atoms with Gasteiger partial charge in [0.1, 0.15) is 0 Å². The molecule has 0 saturated carbocycles. The van der Waals surface area contributed by atoms with Crippen molar-refractivity contribution in [1.29, 1.82) is 0 Å². The minimum atomic E-state index is 0.851. The number of likely N-dealkylation sites (N-methyl/N-ethyl adjacent to an activating group) is 1. The van der Waals surface area contributed by atoms with Crippen molar-refractivity contribution in [2.75, 3.05) is 20.1 Å². The number of halogens is 1. The first-order valence-electron chi connectivity index (χ1n) is 3.90. The van der Waals surface area contributed by atoms with E-state index in [2.05, 4.69) is 37.9 Å². The third kappa shape index (κ3) is 1.08. The van der Waals surface area contributed by atoms with Crippen molar-refractivity contribution in [3.8, 4) is 0 Å². The van der Waals surface area contributed by atoms with E-state index in [0.29, 0.717) is 0 Å². The Labute approximate surface area is 76.1 Å². The predicted molar refractivity (Wildman–Crippen MR) is 50.2 cm³/mol. The van der Waals surface area contributed by atoms with Crippen LogP contribution in [0, 0.1) is 0 Å². The molecule has 2 aliphatic heterocycles. The van der Waals surface area contributed by atoms with E-state index >= 15 is 0 Å². The summed E-state index contributed by atoms with van der Waals surface area (Å²) >= 11 is 2.46. The van der Waals surface area contributed by atoms with Crippen molar-refractivity contribution in [1.82, 2.24) is 8.01 Å². The van der Waals surface area contributed by atoms with Crippen LogP contribution in [0.15, 0.2) is 0 Å². The molecule has 10 heavy (non-hydrogen) atoms. The van der Waals surface area contributed by atoms with Crippen LogP contribution in [-0.2, 0) is 0 Å². The summed E-state index contributed by atoms with van der Waals surface area (Å²) in [7, 11) is 2.25. The molecule has 2 fully saturated rings. The van der Waals surface area contributed by atoms with E-state index in [4.69, 9.17) is 0 Å². The molecule has 0 radical (unpaired) electrons. The Morgan fingerprint density at radius 3 is 2.90 bits per heavy atom. The van der Waals surface area contributed by atoms with Crippen LogP contribution in [0.5, 0.6) is 0 Å². The van der Waals surface area contributed by atoms with Crippen LogP contribution in [0.25, 0.3) is 0 Å². The third-order valence-electron chi connectivity index (χ3n) is 2.74. The van der Waals surface area contributed by atoms with Gasteiger partial charge in [-0.1, -0.05) is 0 Å². The second-order valence-electron chi connectivity index (χ2n) is 3.39. The highest BCUT2D eigenvalue weighted by atomic mass is 127. The van der Waals surface area contributed by atoms with Crippen molar-refractivity contribution in [2.24, 2.45) is 0 Å². The third-order valence-corrected chi connectivity index (χ3v) is 4.01. The van der Waals surface area contributed by atoms with Gasteiger partial charge >= 0.3 is 0 Å². The van der Waals surface area contributed by atoms with Crippen molar-refractivity contribution < 1.29 is 0 Å². The Kier molecular flexibility index (Phi) is 1.90.